The number of carbonyl (C=O) groups is 4. The Balaban J connectivity index is 5.26. The van der Waals surface area contributed by atoms with Crippen molar-refractivity contribution in [1.29, 1.82) is 0 Å². The van der Waals surface area contributed by atoms with Gasteiger partial charge in [-0.25, -0.2) is 9.13 Å². The molecule has 0 spiro atoms. The Hall–Kier alpha value is -2.98. The van der Waals surface area contributed by atoms with Crippen LogP contribution in [0.2, 0.25) is 0 Å². The van der Waals surface area contributed by atoms with Crippen LogP contribution < -0.4 is 0 Å². The van der Waals surface area contributed by atoms with Gasteiger partial charge in [0.25, 0.3) is 0 Å². The van der Waals surface area contributed by atoms with Gasteiger partial charge in [0, 0.05) is 25.7 Å². The summed E-state index contributed by atoms with van der Waals surface area (Å²) in [5.41, 5.74) is 0. The molecular formula is C77H142O17P2. The standard InChI is InChI=1S/C77H142O17P2/c1-5-9-13-17-21-25-29-32-33-34-35-36-37-40-43-46-50-54-58-62-75(80)88-67-72(93-76(81)63-59-55-51-47-41-28-24-20-16-12-8-4)69-91-95(83,84)89-65-71(78)66-90-96(85,86)92-70-73(94-77(82)64-60-56-52-48-44-39-31-27-23-19-15-11-7-3)68-87-74(79)61-57-53-49-45-42-38-30-26-22-18-14-10-6-2/h9,13,21,25,32-33,35-36,71-73,78H,5-8,10-12,14-20,22-24,26-31,34,37-70H2,1-4H3,(H,83,84)(H,85,86)/b13-9-,25-21-,33-32-,36-35-. The molecule has 5 atom stereocenters. The Morgan fingerprint density at radius 2 is 0.542 bits per heavy atom. The first-order valence-corrected chi connectivity index (χ1v) is 41.9. The van der Waals surface area contributed by atoms with Crippen LogP contribution in [-0.2, 0) is 65.4 Å². The Labute approximate surface area is 585 Å². The Morgan fingerprint density at radius 1 is 0.302 bits per heavy atom. The van der Waals surface area contributed by atoms with E-state index in [-0.39, 0.29) is 25.7 Å². The first-order valence-electron chi connectivity index (χ1n) is 38.9. The van der Waals surface area contributed by atoms with E-state index in [9.17, 15) is 43.2 Å². The maximum absolute atomic E-state index is 13.1. The summed E-state index contributed by atoms with van der Waals surface area (Å²) in [6.07, 6.45) is 66.7. The topological polar surface area (TPSA) is 237 Å². The summed E-state index contributed by atoms with van der Waals surface area (Å²) in [5, 5.41) is 10.6. The fraction of sp³-hybridized carbons (Fsp3) is 0.844. The molecule has 17 nitrogen and oxygen atoms in total. The third kappa shape index (κ3) is 69.5. The highest BCUT2D eigenvalue weighted by Gasteiger charge is 2.30. The lowest BCUT2D eigenvalue weighted by Crippen LogP contribution is -2.30. The maximum Gasteiger partial charge on any atom is 0.472 e. The monoisotopic (exact) mass is 1400 g/mol. The van der Waals surface area contributed by atoms with Gasteiger partial charge in [-0.05, 0) is 64.2 Å². The summed E-state index contributed by atoms with van der Waals surface area (Å²) in [4.78, 5) is 72.8. The van der Waals surface area contributed by atoms with Crippen molar-refractivity contribution in [3.63, 3.8) is 0 Å². The van der Waals surface area contributed by atoms with Crippen LogP contribution in [0.25, 0.3) is 0 Å². The van der Waals surface area contributed by atoms with Crippen LogP contribution in [0.3, 0.4) is 0 Å². The number of phosphoric acid groups is 2. The lowest BCUT2D eigenvalue weighted by atomic mass is 10.0. The number of unbranched alkanes of at least 4 members (excludes halogenated alkanes) is 40. The first kappa shape index (κ1) is 93.0. The molecule has 0 heterocycles. The zero-order valence-electron chi connectivity index (χ0n) is 61.3. The van der Waals surface area contributed by atoms with E-state index < -0.39 is 97.5 Å². The Bertz CT molecular complexity index is 2010. The summed E-state index contributed by atoms with van der Waals surface area (Å²) >= 11 is 0. The fourth-order valence-corrected chi connectivity index (χ4v) is 12.5. The van der Waals surface area contributed by atoms with Gasteiger partial charge < -0.3 is 33.8 Å². The predicted molar refractivity (Wildman–Crippen MR) is 390 cm³/mol. The molecule has 562 valence electrons. The van der Waals surface area contributed by atoms with Gasteiger partial charge in [0.1, 0.15) is 19.3 Å². The van der Waals surface area contributed by atoms with Gasteiger partial charge in [-0.3, -0.25) is 37.3 Å². The second kappa shape index (κ2) is 70.5. The van der Waals surface area contributed by atoms with Gasteiger partial charge in [0.15, 0.2) is 12.2 Å². The number of ether oxygens (including phenoxy) is 4. The Morgan fingerprint density at radius 3 is 0.833 bits per heavy atom. The van der Waals surface area contributed by atoms with Crippen molar-refractivity contribution in [2.75, 3.05) is 39.6 Å². The van der Waals surface area contributed by atoms with Gasteiger partial charge >= 0.3 is 39.5 Å². The molecule has 0 saturated heterocycles. The van der Waals surface area contributed by atoms with Crippen LogP contribution >= 0.6 is 15.6 Å². The van der Waals surface area contributed by atoms with Crippen molar-refractivity contribution in [2.45, 2.75) is 380 Å². The molecule has 0 aromatic heterocycles. The number of phosphoric ester groups is 2. The van der Waals surface area contributed by atoms with Gasteiger partial charge in [-0.15, -0.1) is 0 Å². The number of hydrogen-bond acceptors (Lipinski definition) is 15. The second-order valence-corrected chi connectivity index (χ2v) is 29.2. The molecule has 0 aromatic carbocycles. The van der Waals surface area contributed by atoms with Gasteiger partial charge in [0.2, 0.25) is 0 Å². The van der Waals surface area contributed by atoms with Crippen LogP contribution in [0, 0.1) is 0 Å². The number of aliphatic hydroxyl groups excluding tert-OH is 1. The first-order chi connectivity index (χ1) is 46.7. The van der Waals surface area contributed by atoms with Gasteiger partial charge in [0.05, 0.1) is 26.4 Å². The largest absolute Gasteiger partial charge is 0.472 e. The van der Waals surface area contributed by atoms with E-state index in [4.69, 9.17) is 37.0 Å². The van der Waals surface area contributed by atoms with Crippen LogP contribution in [-0.4, -0.2) is 96.7 Å². The van der Waals surface area contributed by atoms with Crippen LogP contribution in [0.5, 0.6) is 0 Å². The smallest absolute Gasteiger partial charge is 0.462 e. The maximum atomic E-state index is 13.1. The molecule has 0 amide bonds. The summed E-state index contributed by atoms with van der Waals surface area (Å²) in [6, 6.07) is 0. The van der Waals surface area contributed by atoms with Crippen LogP contribution in [0.4, 0.5) is 0 Å². The van der Waals surface area contributed by atoms with Crippen molar-refractivity contribution in [1.82, 2.24) is 0 Å². The van der Waals surface area contributed by atoms with E-state index in [1.165, 1.54) is 148 Å². The molecule has 0 bridgehead atoms. The van der Waals surface area contributed by atoms with Crippen LogP contribution in [0.15, 0.2) is 48.6 Å². The van der Waals surface area contributed by atoms with E-state index in [0.717, 1.165) is 135 Å². The van der Waals surface area contributed by atoms with Crippen molar-refractivity contribution < 1.29 is 80.2 Å². The molecular weight excluding hydrogens is 1260 g/mol. The highest BCUT2D eigenvalue weighted by molar-refractivity contribution is 7.47. The molecule has 5 unspecified atom stereocenters. The molecule has 0 aromatic rings. The quantitative estimate of drug-likeness (QED) is 0.0169. The molecule has 0 radical (unpaired) electrons. The van der Waals surface area contributed by atoms with E-state index in [1.54, 1.807) is 0 Å². The van der Waals surface area contributed by atoms with E-state index in [0.29, 0.717) is 25.7 Å². The second-order valence-electron chi connectivity index (χ2n) is 26.3. The summed E-state index contributed by atoms with van der Waals surface area (Å²) in [6.45, 7) is 4.81. The molecule has 19 heteroatoms. The highest BCUT2D eigenvalue weighted by atomic mass is 31.2. The van der Waals surface area contributed by atoms with Crippen molar-refractivity contribution in [2.24, 2.45) is 0 Å². The number of hydrogen-bond donors (Lipinski definition) is 3. The number of allylic oxidation sites excluding steroid dienone is 8. The van der Waals surface area contributed by atoms with E-state index in [1.807, 2.05) is 0 Å². The van der Waals surface area contributed by atoms with E-state index >= 15 is 0 Å². The predicted octanol–water partition coefficient (Wildman–Crippen LogP) is 22.1. The number of esters is 4. The third-order valence-electron chi connectivity index (χ3n) is 16.8. The molecule has 96 heavy (non-hydrogen) atoms. The highest BCUT2D eigenvalue weighted by Crippen LogP contribution is 2.45. The Kier molecular flexibility index (Phi) is 68.3. The fourth-order valence-electron chi connectivity index (χ4n) is 10.9. The molecule has 0 aliphatic carbocycles. The van der Waals surface area contributed by atoms with Crippen LogP contribution in [0.1, 0.15) is 362 Å². The molecule has 0 fully saturated rings. The lowest BCUT2D eigenvalue weighted by Gasteiger charge is -2.21. The van der Waals surface area contributed by atoms with Crippen molar-refractivity contribution >= 4 is 39.5 Å². The summed E-state index contributed by atoms with van der Waals surface area (Å²) < 4.78 is 68.5. The summed E-state index contributed by atoms with van der Waals surface area (Å²) in [7, 11) is -9.92. The zero-order valence-corrected chi connectivity index (χ0v) is 63.1. The van der Waals surface area contributed by atoms with Crippen molar-refractivity contribution in [3.05, 3.63) is 48.6 Å². The molecule has 0 saturated carbocycles. The van der Waals surface area contributed by atoms with Gasteiger partial charge in [-0.1, -0.05) is 320 Å². The zero-order chi connectivity index (χ0) is 70.4. The number of carbonyl (C=O) groups excluding carboxylic acids is 4. The summed E-state index contributed by atoms with van der Waals surface area (Å²) in [5.74, 6) is -2.15. The van der Waals surface area contributed by atoms with Crippen molar-refractivity contribution in [3.8, 4) is 0 Å². The van der Waals surface area contributed by atoms with Gasteiger partial charge in [-0.2, -0.15) is 0 Å². The lowest BCUT2D eigenvalue weighted by molar-refractivity contribution is -0.161. The van der Waals surface area contributed by atoms with E-state index in [2.05, 4.69) is 76.3 Å². The number of aliphatic hydroxyl groups is 1. The molecule has 3 N–H and O–H groups in total. The normalized spacial score (nSPS) is 14.2. The minimum absolute atomic E-state index is 0.0984. The average Bonchev–Trinajstić information content (AvgIpc) is 1.11. The molecule has 0 rings (SSSR count). The average molecular weight is 1400 g/mol. The SMILES string of the molecule is CC/C=C\C/C=C\C/C=C\C/C=C\CCCCCCCCC(=O)OCC(COP(=O)(O)OCC(O)COP(=O)(O)OCC(COC(=O)CCCCCCCCCCCCCCC)OC(=O)CCCCCCCCCCCCCCC)OC(=O)CCCCCCCCCCCCC. The molecule has 0 aliphatic heterocycles. The minimum Gasteiger partial charge on any atom is -0.462 e. The number of rotatable bonds is 74. The third-order valence-corrected chi connectivity index (χ3v) is 18.7. The molecule has 0 aliphatic rings. The minimum atomic E-state index is -4.96.